The summed E-state index contributed by atoms with van der Waals surface area (Å²) < 4.78 is 0. The number of nitrogens with one attached hydrogen (secondary N) is 2. The minimum atomic E-state index is 0.280. The Morgan fingerprint density at radius 2 is 1.96 bits per heavy atom. The van der Waals surface area contributed by atoms with E-state index in [0.29, 0.717) is 6.04 Å². The predicted octanol–water partition coefficient (Wildman–Crippen LogP) is 3.65. The summed E-state index contributed by atoms with van der Waals surface area (Å²) in [6.07, 6.45) is 7.87. The zero-order valence-corrected chi connectivity index (χ0v) is 14.4. The summed E-state index contributed by atoms with van der Waals surface area (Å²) in [5.74, 6) is 0. The first-order valence-corrected chi connectivity index (χ1v) is 8.91. The number of aromatic amines is 1. The van der Waals surface area contributed by atoms with Crippen molar-refractivity contribution in [3.05, 3.63) is 77.1 Å². The minimum Gasteiger partial charge on any atom is -0.300 e. The summed E-state index contributed by atoms with van der Waals surface area (Å²) in [5.41, 5.74) is 5.70. The molecule has 25 heavy (non-hydrogen) atoms. The molecule has 0 radical (unpaired) electrons. The van der Waals surface area contributed by atoms with E-state index < -0.39 is 0 Å². The average molecular weight is 333 g/mol. The highest BCUT2D eigenvalue weighted by Gasteiger charge is 2.26. The number of aromatic nitrogens is 4. The van der Waals surface area contributed by atoms with Gasteiger partial charge in [0, 0.05) is 36.2 Å². The van der Waals surface area contributed by atoms with Crippen molar-refractivity contribution in [3.63, 3.8) is 0 Å². The fourth-order valence-corrected chi connectivity index (χ4v) is 3.62. The quantitative estimate of drug-likeness (QED) is 0.765. The van der Waals surface area contributed by atoms with Crippen molar-refractivity contribution in [1.29, 1.82) is 0 Å². The van der Waals surface area contributed by atoms with Crippen LogP contribution in [0.2, 0.25) is 0 Å². The first kappa shape index (κ1) is 16.0. The maximum absolute atomic E-state index is 4.89. The standard InChI is InChI=1S/C20H23N5/c1-14-5-4-11-21-20(14)19-9-3-8-18(24-19)17-7-2-6-15(23-17)13-16-10-12-22-25-16/h2,4-7,10-12,18-19,24H,3,8-9,13H2,1H3,(H,22,25). The first-order chi connectivity index (χ1) is 12.3. The van der Waals surface area contributed by atoms with Crippen LogP contribution in [0.25, 0.3) is 0 Å². The lowest BCUT2D eigenvalue weighted by molar-refractivity contribution is 0.320. The number of aryl methyl sites for hydroxylation is 1. The van der Waals surface area contributed by atoms with Crippen LogP contribution < -0.4 is 5.32 Å². The third-order valence-electron chi connectivity index (χ3n) is 4.88. The fourth-order valence-electron chi connectivity index (χ4n) is 3.62. The molecular weight excluding hydrogens is 310 g/mol. The molecule has 2 unspecified atom stereocenters. The maximum atomic E-state index is 4.89. The molecule has 5 nitrogen and oxygen atoms in total. The second-order valence-corrected chi connectivity index (χ2v) is 6.72. The summed E-state index contributed by atoms with van der Waals surface area (Å²) in [6, 6.07) is 13.0. The molecule has 1 aliphatic rings. The number of pyridine rings is 2. The largest absolute Gasteiger partial charge is 0.300 e. The van der Waals surface area contributed by atoms with E-state index in [9.17, 15) is 0 Å². The Morgan fingerprint density at radius 1 is 1.04 bits per heavy atom. The maximum Gasteiger partial charge on any atom is 0.0602 e. The highest BCUT2D eigenvalue weighted by atomic mass is 15.1. The Kier molecular flexibility index (Phi) is 4.57. The molecule has 2 atom stereocenters. The molecule has 1 fully saturated rings. The van der Waals surface area contributed by atoms with Crippen molar-refractivity contribution in [1.82, 2.24) is 25.5 Å². The molecule has 1 saturated heterocycles. The number of piperidine rings is 1. The van der Waals surface area contributed by atoms with E-state index in [0.717, 1.165) is 36.3 Å². The van der Waals surface area contributed by atoms with E-state index in [4.69, 9.17) is 4.98 Å². The van der Waals surface area contributed by atoms with Crippen LogP contribution >= 0.6 is 0 Å². The number of H-pyrrole nitrogens is 1. The lowest BCUT2D eigenvalue weighted by Crippen LogP contribution is -2.32. The highest BCUT2D eigenvalue weighted by Crippen LogP contribution is 2.32. The molecule has 0 saturated carbocycles. The number of hydrogen-bond acceptors (Lipinski definition) is 4. The summed E-state index contributed by atoms with van der Waals surface area (Å²) in [5, 5.41) is 10.8. The van der Waals surface area contributed by atoms with Crippen molar-refractivity contribution in [2.45, 2.75) is 44.7 Å². The molecule has 5 heteroatoms. The van der Waals surface area contributed by atoms with E-state index in [1.165, 1.54) is 17.7 Å². The van der Waals surface area contributed by atoms with Crippen molar-refractivity contribution < 1.29 is 0 Å². The van der Waals surface area contributed by atoms with Crippen LogP contribution in [0, 0.1) is 6.92 Å². The Labute approximate surface area is 147 Å². The zero-order valence-electron chi connectivity index (χ0n) is 14.4. The fraction of sp³-hybridized carbons (Fsp3) is 0.350. The number of rotatable bonds is 4. The van der Waals surface area contributed by atoms with Crippen LogP contribution in [0.1, 0.15) is 59.7 Å². The predicted molar refractivity (Wildman–Crippen MR) is 97.1 cm³/mol. The van der Waals surface area contributed by atoms with E-state index in [1.807, 2.05) is 18.3 Å². The van der Waals surface area contributed by atoms with Crippen LogP contribution in [0.4, 0.5) is 0 Å². The first-order valence-electron chi connectivity index (χ1n) is 8.91. The van der Waals surface area contributed by atoms with E-state index in [-0.39, 0.29) is 6.04 Å². The van der Waals surface area contributed by atoms with Gasteiger partial charge in [0.25, 0.3) is 0 Å². The van der Waals surface area contributed by atoms with Crippen molar-refractivity contribution in [3.8, 4) is 0 Å². The molecule has 4 heterocycles. The summed E-state index contributed by atoms with van der Waals surface area (Å²) in [7, 11) is 0. The van der Waals surface area contributed by atoms with Crippen LogP contribution in [0.15, 0.2) is 48.8 Å². The van der Waals surface area contributed by atoms with Crippen LogP contribution in [0.3, 0.4) is 0 Å². The summed E-state index contributed by atoms with van der Waals surface area (Å²) in [4.78, 5) is 9.49. The molecule has 0 bridgehead atoms. The average Bonchev–Trinajstić information content (AvgIpc) is 3.15. The molecule has 3 aromatic rings. The molecule has 128 valence electrons. The third kappa shape index (κ3) is 3.61. The molecule has 0 spiro atoms. The molecule has 1 aliphatic heterocycles. The van der Waals surface area contributed by atoms with Gasteiger partial charge >= 0.3 is 0 Å². The third-order valence-corrected chi connectivity index (χ3v) is 4.88. The Balaban J connectivity index is 1.52. The minimum absolute atomic E-state index is 0.280. The molecule has 0 amide bonds. The van der Waals surface area contributed by atoms with Gasteiger partial charge in [-0.25, -0.2) is 0 Å². The Bertz CT molecular complexity index is 828. The van der Waals surface area contributed by atoms with Gasteiger partial charge in [0.05, 0.1) is 17.4 Å². The van der Waals surface area contributed by atoms with Crippen molar-refractivity contribution >= 4 is 0 Å². The van der Waals surface area contributed by atoms with Gasteiger partial charge in [-0.3, -0.25) is 15.1 Å². The van der Waals surface area contributed by atoms with Crippen LogP contribution in [-0.4, -0.2) is 20.2 Å². The SMILES string of the molecule is Cc1cccnc1C1CCCC(c2cccc(Cc3ccn[nH]3)n2)N1. The lowest BCUT2D eigenvalue weighted by Gasteiger charge is -2.31. The van der Waals surface area contributed by atoms with Gasteiger partial charge < -0.3 is 5.32 Å². The van der Waals surface area contributed by atoms with E-state index >= 15 is 0 Å². The highest BCUT2D eigenvalue weighted by molar-refractivity contribution is 5.24. The van der Waals surface area contributed by atoms with Crippen LogP contribution in [0.5, 0.6) is 0 Å². The zero-order chi connectivity index (χ0) is 17.1. The van der Waals surface area contributed by atoms with Gasteiger partial charge in [-0.05, 0) is 56.0 Å². The van der Waals surface area contributed by atoms with Gasteiger partial charge in [0.15, 0.2) is 0 Å². The van der Waals surface area contributed by atoms with Gasteiger partial charge in [-0.2, -0.15) is 5.10 Å². The molecule has 2 N–H and O–H groups in total. The molecule has 3 aromatic heterocycles. The van der Waals surface area contributed by atoms with Crippen molar-refractivity contribution in [2.75, 3.05) is 0 Å². The normalized spacial score (nSPS) is 20.5. The van der Waals surface area contributed by atoms with E-state index in [1.54, 1.807) is 6.20 Å². The Hall–Kier alpha value is -2.53. The van der Waals surface area contributed by atoms with Gasteiger partial charge in [0.2, 0.25) is 0 Å². The molecule has 0 aromatic carbocycles. The van der Waals surface area contributed by atoms with Crippen LogP contribution in [-0.2, 0) is 6.42 Å². The lowest BCUT2D eigenvalue weighted by atomic mass is 9.92. The molecule has 4 rings (SSSR count). The van der Waals surface area contributed by atoms with Gasteiger partial charge in [-0.1, -0.05) is 12.1 Å². The van der Waals surface area contributed by atoms with Gasteiger partial charge in [-0.15, -0.1) is 0 Å². The van der Waals surface area contributed by atoms with Gasteiger partial charge in [0.1, 0.15) is 0 Å². The monoisotopic (exact) mass is 333 g/mol. The number of nitrogens with zero attached hydrogens (tertiary/aromatic N) is 3. The van der Waals surface area contributed by atoms with Crippen molar-refractivity contribution in [2.24, 2.45) is 0 Å². The number of hydrogen-bond donors (Lipinski definition) is 2. The summed E-state index contributed by atoms with van der Waals surface area (Å²) in [6.45, 7) is 2.14. The van der Waals surface area contributed by atoms with E-state index in [2.05, 4.69) is 51.7 Å². The second-order valence-electron chi connectivity index (χ2n) is 6.72. The topological polar surface area (TPSA) is 66.5 Å². The molecular formula is C20H23N5. The molecule has 0 aliphatic carbocycles. The summed E-state index contributed by atoms with van der Waals surface area (Å²) >= 11 is 0. The Morgan fingerprint density at radius 3 is 2.80 bits per heavy atom. The second kappa shape index (κ2) is 7.15. The smallest absolute Gasteiger partial charge is 0.0602 e.